The number of nitrogens with zero attached hydrogens (tertiary/aromatic N) is 1. The molecule has 2 rings (SSSR count). The lowest BCUT2D eigenvalue weighted by molar-refractivity contribution is 0.554. The molecule has 0 aromatic carbocycles. The average Bonchev–Trinajstić information content (AvgIpc) is 2.74. The van der Waals surface area contributed by atoms with Gasteiger partial charge in [-0.3, -0.25) is 0 Å². The fourth-order valence-electron chi connectivity index (χ4n) is 1.11. The zero-order chi connectivity index (χ0) is 9.97. The van der Waals surface area contributed by atoms with Crippen LogP contribution in [0.25, 0.3) is 11.5 Å². The second-order valence-corrected chi connectivity index (χ2v) is 4.49. The molecule has 0 atom stereocenters. The lowest BCUT2D eigenvalue weighted by Crippen LogP contribution is -2.01. The zero-order valence-corrected chi connectivity index (χ0v) is 9.77. The molecule has 0 aliphatic carbocycles. The summed E-state index contributed by atoms with van der Waals surface area (Å²) >= 11 is 4.87. The minimum absolute atomic E-state index is 0.634. The highest BCUT2D eigenvalue weighted by atomic mass is 79.9. The fourth-order valence-corrected chi connectivity index (χ4v) is 2.22. The molecule has 2 aromatic rings. The molecule has 0 aliphatic rings. The molecule has 0 saturated heterocycles. The third kappa shape index (κ3) is 2.05. The van der Waals surface area contributed by atoms with E-state index in [0.717, 1.165) is 27.6 Å². The molecular formula is C9H9BrN2OS. The van der Waals surface area contributed by atoms with E-state index in [1.807, 2.05) is 17.5 Å². The van der Waals surface area contributed by atoms with Crippen molar-refractivity contribution in [3.05, 3.63) is 27.2 Å². The van der Waals surface area contributed by atoms with E-state index >= 15 is 0 Å². The summed E-state index contributed by atoms with van der Waals surface area (Å²) in [6, 6.07) is 3.75. The van der Waals surface area contributed by atoms with Crippen LogP contribution in [0.15, 0.2) is 26.6 Å². The molecule has 0 unspecified atom stereocenters. The average molecular weight is 273 g/mol. The van der Waals surface area contributed by atoms with E-state index in [1.165, 1.54) is 0 Å². The van der Waals surface area contributed by atoms with Crippen molar-refractivity contribution in [1.82, 2.24) is 4.98 Å². The highest BCUT2D eigenvalue weighted by molar-refractivity contribution is 9.10. The van der Waals surface area contributed by atoms with Gasteiger partial charge in [0.25, 0.3) is 0 Å². The van der Waals surface area contributed by atoms with Gasteiger partial charge in [0.15, 0.2) is 10.4 Å². The van der Waals surface area contributed by atoms with Gasteiger partial charge < -0.3 is 10.2 Å². The van der Waals surface area contributed by atoms with Crippen molar-refractivity contribution < 1.29 is 4.42 Å². The van der Waals surface area contributed by atoms with Crippen LogP contribution in [-0.2, 0) is 6.42 Å². The van der Waals surface area contributed by atoms with Crippen LogP contribution in [-0.4, -0.2) is 11.5 Å². The van der Waals surface area contributed by atoms with Crippen molar-refractivity contribution in [1.29, 1.82) is 0 Å². The van der Waals surface area contributed by atoms with Gasteiger partial charge in [-0.1, -0.05) is 0 Å². The largest absolute Gasteiger partial charge is 0.448 e. The van der Waals surface area contributed by atoms with Crippen molar-refractivity contribution in [2.24, 2.45) is 5.73 Å². The quantitative estimate of drug-likeness (QED) is 0.935. The van der Waals surface area contributed by atoms with Gasteiger partial charge in [-0.05, 0) is 34.6 Å². The monoisotopic (exact) mass is 272 g/mol. The lowest BCUT2D eigenvalue weighted by atomic mass is 10.3. The molecule has 0 amide bonds. The summed E-state index contributed by atoms with van der Waals surface area (Å²) in [5.74, 6) is 0.788. The predicted octanol–water partition coefficient (Wildman–Crippen LogP) is 2.67. The van der Waals surface area contributed by atoms with Gasteiger partial charge >= 0.3 is 0 Å². The maximum Gasteiger partial charge on any atom is 0.169 e. The van der Waals surface area contributed by atoms with E-state index in [4.69, 9.17) is 10.2 Å². The predicted molar refractivity (Wildman–Crippen MR) is 60.3 cm³/mol. The van der Waals surface area contributed by atoms with Crippen LogP contribution in [0.1, 0.15) is 5.01 Å². The number of thiazole rings is 1. The Morgan fingerprint density at radius 3 is 3.00 bits per heavy atom. The Labute approximate surface area is 94.1 Å². The van der Waals surface area contributed by atoms with Gasteiger partial charge in [-0.15, -0.1) is 11.3 Å². The summed E-state index contributed by atoms with van der Waals surface area (Å²) in [5, 5.41) is 3.03. The standard InChI is InChI=1S/C9H9BrN2OS/c10-8-2-1-7(13-8)6-5-14-9(12-6)3-4-11/h1-2,5H,3-4,11H2. The van der Waals surface area contributed by atoms with E-state index in [-0.39, 0.29) is 0 Å². The second-order valence-electron chi connectivity index (χ2n) is 2.77. The molecule has 0 spiro atoms. The Morgan fingerprint density at radius 1 is 1.50 bits per heavy atom. The third-order valence-electron chi connectivity index (χ3n) is 1.74. The molecule has 3 nitrogen and oxygen atoms in total. The van der Waals surface area contributed by atoms with Crippen LogP contribution in [0.5, 0.6) is 0 Å². The Balaban J connectivity index is 2.24. The summed E-state index contributed by atoms with van der Waals surface area (Å²) in [6.45, 7) is 0.634. The van der Waals surface area contributed by atoms with Crippen LogP contribution in [0.3, 0.4) is 0 Å². The molecule has 0 saturated carbocycles. The first-order chi connectivity index (χ1) is 6.79. The molecule has 14 heavy (non-hydrogen) atoms. The molecule has 0 radical (unpaired) electrons. The first-order valence-electron chi connectivity index (χ1n) is 4.20. The van der Waals surface area contributed by atoms with Gasteiger partial charge in [-0.2, -0.15) is 0 Å². The summed E-state index contributed by atoms with van der Waals surface area (Å²) in [4.78, 5) is 4.41. The van der Waals surface area contributed by atoms with Crippen molar-refractivity contribution in [2.45, 2.75) is 6.42 Å². The van der Waals surface area contributed by atoms with Crippen LogP contribution >= 0.6 is 27.3 Å². The number of halogens is 1. The van der Waals surface area contributed by atoms with Gasteiger partial charge in [-0.25, -0.2) is 4.98 Å². The molecule has 2 aromatic heterocycles. The van der Waals surface area contributed by atoms with Crippen molar-refractivity contribution >= 4 is 27.3 Å². The van der Waals surface area contributed by atoms with Crippen molar-refractivity contribution in [2.75, 3.05) is 6.54 Å². The summed E-state index contributed by atoms with van der Waals surface area (Å²) < 4.78 is 6.11. The highest BCUT2D eigenvalue weighted by Crippen LogP contribution is 2.26. The summed E-state index contributed by atoms with van der Waals surface area (Å²) in [7, 11) is 0. The molecule has 0 fully saturated rings. The number of rotatable bonds is 3. The maximum absolute atomic E-state index is 5.45. The third-order valence-corrected chi connectivity index (χ3v) is 3.07. The molecule has 0 aliphatic heterocycles. The normalized spacial score (nSPS) is 10.7. The van der Waals surface area contributed by atoms with Gasteiger partial charge in [0.2, 0.25) is 0 Å². The van der Waals surface area contributed by atoms with E-state index in [9.17, 15) is 0 Å². The molecular weight excluding hydrogens is 264 g/mol. The van der Waals surface area contributed by atoms with E-state index in [0.29, 0.717) is 6.54 Å². The van der Waals surface area contributed by atoms with E-state index < -0.39 is 0 Å². The summed E-state index contributed by atoms with van der Waals surface area (Å²) in [5.41, 5.74) is 6.33. The molecule has 2 heterocycles. The van der Waals surface area contributed by atoms with Crippen molar-refractivity contribution in [3.8, 4) is 11.5 Å². The van der Waals surface area contributed by atoms with Crippen LogP contribution in [0.4, 0.5) is 0 Å². The van der Waals surface area contributed by atoms with E-state index in [2.05, 4.69) is 20.9 Å². The van der Waals surface area contributed by atoms with Crippen LogP contribution in [0.2, 0.25) is 0 Å². The SMILES string of the molecule is NCCc1nc(-c2ccc(Br)o2)cs1. The maximum atomic E-state index is 5.45. The fraction of sp³-hybridized carbons (Fsp3) is 0.222. The smallest absolute Gasteiger partial charge is 0.169 e. The topological polar surface area (TPSA) is 52.0 Å². The molecule has 2 N–H and O–H groups in total. The zero-order valence-electron chi connectivity index (χ0n) is 7.37. The Bertz CT molecular complexity index is 424. The number of furan rings is 1. The van der Waals surface area contributed by atoms with Crippen LogP contribution < -0.4 is 5.73 Å². The van der Waals surface area contributed by atoms with E-state index in [1.54, 1.807) is 11.3 Å². The minimum Gasteiger partial charge on any atom is -0.448 e. The molecule has 5 heteroatoms. The molecule has 0 bridgehead atoms. The Kier molecular flexibility index (Phi) is 3.00. The first-order valence-corrected chi connectivity index (χ1v) is 5.87. The number of hydrogen-bond acceptors (Lipinski definition) is 4. The number of aromatic nitrogens is 1. The van der Waals surface area contributed by atoms with Gasteiger partial charge in [0, 0.05) is 11.8 Å². The lowest BCUT2D eigenvalue weighted by Gasteiger charge is -1.89. The minimum atomic E-state index is 0.634. The van der Waals surface area contributed by atoms with Gasteiger partial charge in [0.05, 0.1) is 5.01 Å². The Hall–Kier alpha value is -0.650. The number of hydrogen-bond donors (Lipinski definition) is 1. The first kappa shape index (κ1) is 9.89. The van der Waals surface area contributed by atoms with Gasteiger partial charge in [0.1, 0.15) is 5.69 Å². The highest BCUT2D eigenvalue weighted by Gasteiger charge is 2.07. The number of nitrogens with two attached hydrogens (primary N) is 1. The summed E-state index contributed by atoms with van der Waals surface area (Å²) in [6.07, 6.45) is 0.826. The molecule has 74 valence electrons. The van der Waals surface area contributed by atoms with Crippen molar-refractivity contribution in [3.63, 3.8) is 0 Å². The van der Waals surface area contributed by atoms with Crippen LogP contribution in [0, 0.1) is 0 Å². The second kappa shape index (κ2) is 4.25. The Morgan fingerprint density at radius 2 is 2.36 bits per heavy atom.